The van der Waals surface area contributed by atoms with Crippen LogP contribution in [0.2, 0.25) is 0 Å². The predicted molar refractivity (Wildman–Crippen MR) is 126 cm³/mol. The molecule has 0 aliphatic carbocycles. The van der Waals surface area contributed by atoms with E-state index in [0.29, 0.717) is 25.3 Å². The molecule has 1 fully saturated rings. The highest BCUT2D eigenvalue weighted by molar-refractivity contribution is 5.86. The van der Waals surface area contributed by atoms with E-state index in [2.05, 4.69) is 15.3 Å². The fourth-order valence-electron chi connectivity index (χ4n) is 4.78. The maximum absolute atomic E-state index is 13.4. The van der Waals surface area contributed by atoms with Gasteiger partial charge in [-0.3, -0.25) is 9.69 Å². The molecule has 1 N–H and O–H groups in total. The highest BCUT2D eigenvalue weighted by atomic mass is 19.2. The Morgan fingerprint density at radius 1 is 1.21 bits per heavy atom. The highest BCUT2D eigenvalue weighted by Crippen LogP contribution is 2.30. The smallest absolute Gasteiger partial charge is 0.242 e. The largest absolute Gasteiger partial charge is 0.479 e. The summed E-state index contributed by atoms with van der Waals surface area (Å²) < 4.78 is 33.7. The summed E-state index contributed by atoms with van der Waals surface area (Å²) >= 11 is 0. The number of nitrogens with zero attached hydrogens (tertiary/aromatic N) is 4. The van der Waals surface area contributed by atoms with Crippen LogP contribution < -0.4 is 10.1 Å². The average molecular weight is 472 g/mol. The van der Waals surface area contributed by atoms with E-state index < -0.39 is 11.6 Å². The number of methoxy groups -OCH3 is 1. The van der Waals surface area contributed by atoms with Crippen LogP contribution in [0.25, 0.3) is 11.0 Å². The number of rotatable bonds is 7. The second-order valence-electron chi connectivity index (χ2n) is 9.00. The van der Waals surface area contributed by atoms with E-state index in [-0.39, 0.29) is 11.9 Å². The van der Waals surface area contributed by atoms with Gasteiger partial charge in [0.2, 0.25) is 11.8 Å². The molecule has 182 valence electrons. The summed E-state index contributed by atoms with van der Waals surface area (Å²) in [7, 11) is 3.44. The van der Waals surface area contributed by atoms with Crippen molar-refractivity contribution in [1.29, 1.82) is 0 Å². The molecule has 0 unspecified atom stereocenters. The number of amides is 1. The minimum atomic E-state index is -0.828. The Kier molecular flexibility index (Phi) is 7.11. The van der Waals surface area contributed by atoms with Crippen LogP contribution in [-0.4, -0.2) is 51.8 Å². The Morgan fingerprint density at radius 2 is 1.94 bits per heavy atom. The van der Waals surface area contributed by atoms with Crippen LogP contribution in [0.4, 0.5) is 8.78 Å². The third kappa shape index (κ3) is 5.04. The second kappa shape index (κ2) is 10.0. The second-order valence-corrected chi connectivity index (χ2v) is 9.00. The van der Waals surface area contributed by atoms with E-state index in [1.807, 2.05) is 20.9 Å². The number of ether oxygens (including phenoxy) is 1. The summed E-state index contributed by atoms with van der Waals surface area (Å²) in [5.41, 5.74) is 4.52. The van der Waals surface area contributed by atoms with Crippen molar-refractivity contribution in [3.63, 3.8) is 0 Å². The summed E-state index contributed by atoms with van der Waals surface area (Å²) in [6.45, 7) is 6.15. The molecule has 3 heterocycles. The molecular formula is C25H31F2N5O2. The van der Waals surface area contributed by atoms with Gasteiger partial charge in [-0.15, -0.1) is 5.10 Å². The highest BCUT2D eigenvalue weighted by Gasteiger charge is 2.22. The maximum atomic E-state index is 13.4. The van der Waals surface area contributed by atoms with Crippen molar-refractivity contribution >= 4 is 16.9 Å². The summed E-state index contributed by atoms with van der Waals surface area (Å²) in [5, 5.41) is 8.42. The van der Waals surface area contributed by atoms with Crippen LogP contribution in [0, 0.1) is 25.5 Å². The number of hydrogen-bond donors (Lipinski definition) is 1. The lowest BCUT2D eigenvalue weighted by Crippen LogP contribution is -2.44. The summed E-state index contributed by atoms with van der Waals surface area (Å²) in [4.78, 5) is 19.6. The van der Waals surface area contributed by atoms with Crippen molar-refractivity contribution in [3.8, 4) is 5.88 Å². The van der Waals surface area contributed by atoms with Crippen LogP contribution in [-0.2, 0) is 24.8 Å². The van der Waals surface area contributed by atoms with Crippen LogP contribution in [0.1, 0.15) is 41.6 Å². The Hall–Kier alpha value is -3.07. The molecule has 3 aromatic rings. The first-order valence-corrected chi connectivity index (χ1v) is 11.6. The molecule has 0 radical (unpaired) electrons. The average Bonchev–Trinajstić information content (AvgIpc) is 3.13. The minimum absolute atomic E-state index is 0.0242. The number of aromatic nitrogens is 3. The predicted octanol–water partition coefficient (Wildman–Crippen LogP) is 3.59. The van der Waals surface area contributed by atoms with Gasteiger partial charge >= 0.3 is 0 Å². The Bertz CT molecular complexity index is 1200. The number of carbonyl (C=O) groups excluding carboxylic acids is 1. The van der Waals surface area contributed by atoms with Crippen molar-refractivity contribution < 1.29 is 18.3 Å². The van der Waals surface area contributed by atoms with E-state index in [1.54, 1.807) is 17.9 Å². The zero-order chi connectivity index (χ0) is 24.4. The number of nitrogens with one attached hydrogen (secondary N) is 1. The summed E-state index contributed by atoms with van der Waals surface area (Å²) in [6, 6.07) is 4.15. The van der Waals surface area contributed by atoms with Gasteiger partial charge in [-0.25, -0.2) is 18.4 Å². The van der Waals surface area contributed by atoms with Gasteiger partial charge in [0.05, 0.1) is 12.5 Å². The topological polar surface area (TPSA) is 72.3 Å². The van der Waals surface area contributed by atoms with Gasteiger partial charge in [0.1, 0.15) is 0 Å². The van der Waals surface area contributed by atoms with Crippen LogP contribution in [0.3, 0.4) is 0 Å². The molecule has 9 heteroatoms. The maximum Gasteiger partial charge on any atom is 0.242 e. The number of benzene rings is 1. The fourth-order valence-corrected chi connectivity index (χ4v) is 4.78. The number of piperidine rings is 1. The summed E-state index contributed by atoms with van der Waals surface area (Å²) in [6.07, 6.45) is 2.63. The zero-order valence-electron chi connectivity index (χ0n) is 20.1. The molecule has 1 saturated heterocycles. The number of halogens is 2. The number of carbonyl (C=O) groups is 1. The number of pyridine rings is 1. The van der Waals surface area contributed by atoms with Crippen molar-refractivity contribution in [3.05, 3.63) is 52.2 Å². The molecule has 1 aliphatic rings. The molecule has 0 spiro atoms. The van der Waals surface area contributed by atoms with Gasteiger partial charge in [-0.1, -0.05) is 6.07 Å². The first-order chi connectivity index (χ1) is 16.3. The first-order valence-electron chi connectivity index (χ1n) is 11.6. The molecule has 2 aromatic heterocycles. The van der Waals surface area contributed by atoms with Crippen molar-refractivity contribution in [2.75, 3.05) is 20.2 Å². The van der Waals surface area contributed by atoms with E-state index in [9.17, 15) is 13.6 Å². The van der Waals surface area contributed by atoms with E-state index >= 15 is 0 Å². The first kappa shape index (κ1) is 24.1. The standard InChI is InChI=1S/C25H31F2N5O2/c1-15-19(16(2)28-24-23(15)25(34-4)30-31(24)3)6-8-22(33)29-18-9-11-32(12-10-18)14-17-5-7-20(26)21(27)13-17/h5,7,13,18H,6,8-12,14H2,1-4H3,(H,29,33). The van der Waals surface area contributed by atoms with E-state index in [4.69, 9.17) is 9.72 Å². The number of likely N-dealkylation sites (tertiary alicyclic amines) is 1. The van der Waals surface area contributed by atoms with E-state index in [0.717, 1.165) is 59.3 Å². The molecule has 1 aromatic carbocycles. The van der Waals surface area contributed by atoms with Crippen molar-refractivity contribution in [1.82, 2.24) is 25.0 Å². The number of fused-ring (bicyclic) bond motifs is 1. The lowest BCUT2D eigenvalue weighted by atomic mass is 9.99. The molecule has 0 bridgehead atoms. The van der Waals surface area contributed by atoms with Crippen molar-refractivity contribution in [2.45, 2.75) is 52.1 Å². The van der Waals surface area contributed by atoms with Crippen LogP contribution in [0.5, 0.6) is 5.88 Å². The van der Waals surface area contributed by atoms with Gasteiger partial charge in [-0.05, 0) is 61.9 Å². The SMILES string of the molecule is COc1nn(C)c2nc(C)c(CCC(=O)NC3CCN(Cc4ccc(F)c(F)c4)CC3)c(C)c12. The van der Waals surface area contributed by atoms with Crippen molar-refractivity contribution in [2.24, 2.45) is 7.05 Å². The zero-order valence-corrected chi connectivity index (χ0v) is 20.1. The quantitative estimate of drug-likeness (QED) is 0.570. The Labute approximate surface area is 198 Å². The summed E-state index contributed by atoms with van der Waals surface area (Å²) in [5.74, 6) is -1.08. The van der Waals surface area contributed by atoms with Gasteiger partial charge in [0.15, 0.2) is 17.3 Å². The molecule has 4 rings (SSSR count). The molecule has 1 amide bonds. The lowest BCUT2D eigenvalue weighted by Gasteiger charge is -2.32. The molecule has 34 heavy (non-hydrogen) atoms. The normalized spacial score (nSPS) is 15.1. The van der Waals surface area contributed by atoms with Gasteiger partial charge in [0, 0.05) is 44.8 Å². The van der Waals surface area contributed by atoms with Crippen LogP contribution >= 0.6 is 0 Å². The monoisotopic (exact) mass is 471 g/mol. The Balaban J connectivity index is 1.30. The third-order valence-electron chi connectivity index (χ3n) is 6.66. The van der Waals surface area contributed by atoms with Crippen LogP contribution in [0.15, 0.2) is 18.2 Å². The number of hydrogen-bond acceptors (Lipinski definition) is 5. The van der Waals surface area contributed by atoms with E-state index in [1.165, 1.54) is 12.1 Å². The number of aryl methyl sites for hydroxylation is 3. The third-order valence-corrected chi connectivity index (χ3v) is 6.66. The molecule has 7 nitrogen and oxygen atoms in total. The van der Waals surface area contributed by atoms with Gasteiger partial charge < -0.3 is 10.1 Å². The Morgan fingerprint density at radius 3 is 2.62 bits per heavy atom. The van der Waals surface area contributed by atoms with Gasteiger partial charge in [-0.2, -0.15) is 0 Å². The minimum Gasteiger partial charge on any atom is -0.479 e. The van der Waals surface area contributed by atoms with Gasteiger partial charge in [0.25, 0.3) is 0 Å². The molecule has 0 atom stereocenters. The molecule has 1 aliphatic heterocycles. The molecule has 0 saturated carbocycles. The fraction of sp³-hybridized carbons (Fsp3) is 0.480. The lowest BCUT2D eigenvalue weighted by molar-refractivity contribution is -0.122. The molecular weight excluding hydrogens is 440 g/mol.